The highest BCUT2D eigenvalue weighted by molar-refractivity contribution is 5.79. The molecular formula is C25H26F3N5O. The minimum atomic E-state index is -4.14. The molecule has 34 heavy (non-hydrogen) atoms. The molecule has 2 atom stereocenters. The van der Waals surface area contributed by atoms with E-state index in [0.29, 0.717) is 24.1 Å². The van der Waals surface area contributed by atoms with Crippen molar-refractivity contribution in [3.63, 3.8) is 0 Å². The lowest BCUT2D eigenvalue weighted by Crippen LogP contribution is -2.70. The van der Waals surface area contributed by atoms with Crippen LogP contribution in [0.1, 0.15) is 85.8 Å². The fourth-order valence-corrected chi connectivity index (χ4v) is 6.37. The Morgan fingerprint density at radius 2 is 1.85 bits per heavy atom. The van der Waals surface area contributed by atoms with Gasteiger partial charge in [0.05, 0.1) is 29.5 Å². The summed E-state index contributed by atoms with van der Waals surface area (Å²) >= 11 is 0. The van der Waals surface area contributed by atoms with Crippen LogP contribution >= 0.6 is 0 Å². The van der Waals surface area contributed by atoms with E-state index in [9.17, 15) is 13.2 Å². The van der Waals surface area contributed by atoms with Gasteiger partial charge in [-0.1, -0.05) is 0 Å². The first-order valence-electron chi connectivity index (χ1n) is 12.1. The number of aryl methyl sites for hydroxylation is 1. The highest BCUT2D eigenvalue weighted by Gasteiger charge is 2.79. The molecule has 5 fully saturated rings. The summed E-state index contributed by atoms with van der Waals surface area (Å²) in [5.74, 6) is 0.756. The molecule has 0 amide bonds. The lowest BCUT2D eigenvalue weighted by Gasteiger charge is -2.70. The zero-order valence-electron chi connectivity index (χ0n) is 19.0. The van der Waals surface area contributed by atoms with Crippen molar-refractivity contribution in [2.45, 2.75) is 81.5 Å². The summed E-state index contributed by atoms with van der Waals surface area (Å²) in [6.45, 7) is 2.49. The average molecular weight is 470 g/mol. The van der Waals surface area contributed by atoms with Gasteiger partial charge in [-0.2, -0.15) is 18.3 Å². The van der Waals surface area contributed by atoms with Gasteiger partial charge in [0.1, 0.15) is 5.82 Å². The maximum Gasteiger partial charge on any atom is 0.394 e. The molecule has 9 heteroatoms. The van der Waals surface area contributed by atoms with Crippen LogP contribution in [-0.4, -0.2) is 37.5 Å². The molecular weight excluding hydrogens is 443 g/mol. The molecule has 2 unspecified atom stereocenters. The number of halogens is 3. The van der Waals surface area contributed by atoms with E-state index >= 15 is 0 Å². The van der Waals surface area contributed by atoms with Gasteiger partial charge in [-0.15, -0.1) is 0 Å². The summed E-state index contributed by atoms with van der Waals surface area (Å²) in [6, 6.07) is 4.33. The number of aromatic nitrogens is 5. The van der Waals surface area contributed by atoms with E-state index in [-0.39, 0.29) is 31.3 Å². The van der Waals surface area contributed by atoms with E-state index in [2.05, 4.69) is 16.3 Å². The van der Waals surface area contributed by atoms with Crippen molar-refractivity contribution in [3.8, 4) is 0 Å². The smallest absolute Gasteiger partial charge is 0.373 e. The molecule has 6 nitrogen and oxygen atoms in total. The molecule has 1 saturated heterocycles. The van der Waals surface area contributed by atoms with Crippen molar-refractivity contribution in [1.82, 2.24) is 24.7 Å². The lowest BCUT2D eigenvalue weighted by molar-refractivity contribution is -0.337. The normalized spacial score (nSPS) is 32.9. The molecule has 0 spiro atoms. The van der Waals surface area contributed by atoms with Gasteiger partial charge in [0.2, 0.25) is 0 Å². The van der Waals surface area contributed by atoms with Crippen molar-refractivity contribution in [2.24, 2.45) is 5.41 Å². The monoisotopic (exact) mass is 469 g/mol. The number of rotatable bonds is 4. The van der Waals surface area contributed by atoms with Crippen LogP contribution in [0.4, 0.5) is 13.2 Å². The van der Waals surface area contributed by atoms with Gasteiger partial charge >= 0.3 is 6.18 Å². The third-order valence-corrected chi connectivity index (χ3v) is 8.41. The fraction of sp³-hybridized carbons (Fsp3) is 0.600. The standard InChI is InChI=1S/C25H26F3N5O/c1-14-2-5-18-20(23-11-24(12-23,13-23)25(26,27)28)31-21(32-22(18)30-14)15-6-7-34-19(8-15)16-9-29-33(10-16)17-3-4-17/h2,5,9-10,15,17,19H,3-4,6-8,11-13H2,1H3. The summed E-state index contributed by atoms with van der Waals surface area (Å²) in [4.78, 5) is 14.4. The molecule has 4 aliphatic carbocycles. The zero-order valence-corrected chi connectivity index (χ0v) is 19.0. The second-order valence-electron chi connectivity index (χ2n) is 10.9. The van der Waals surface area contributed by atoms with Crippen LogP contribution in [0.3, 0.4) is 0 Å². The van der Waals surface area contributed by atoms with Gasteiger partial charge in [-0.3, -0.25) is 4.68 Å². The van der Waals surface area contributed by atoms with Gasteiger partial charge in [0, 0.05) is 40.8 Å². The van der Waals surface area contributed by atoms with Crippen LogP contribution in [0.15, 0.2) is 24.5 Å². The van der Waals surface area contributed by atoms with Gasteiger partial charge in [0.15, 0.2) is 5.65 Å². The Morgan fingerprint density at radius 1 is 1.06 bits per heavy atom. The first-order chi connectivity index (χ1) is 16.3. The van der Waals surface area contributed by atoms with Crippen LogP contribution in [-0.2, 0) is 10.2 Å². The number of nitrogens with zero attached hydrogens (tertiary/aromatic N) is 5. The summed E-state index contributed by atoms with van der Waals surface area (Å²) < 4.78 is 48.7. The predicted molar refractivity (Wildman–Crippen MR) is 117 cm³/mol. The fourth-order valence-electron chi connectivity index (χ4n) is 6.37. The molecule has 1 aliphatic heterocycles. The first-order valence-corrected chi connectivity index (χ1v) is 12.1. The van der Waals surface area contributed by atoms with Crippen LogP contribution in [0.2, 0.25) is 0 Å². The minimum Gasteiger partial charge on any atom is -0.373 e. The number of hydrogen-bond acceptors (Lipinski definition) is 5. The number of ether oxygens (including phenoxy) is 1. The Bertz CT molecular complexity index is 1280. The minimum absolute atomic E-state index is 0.0670. The quantitative estimate of drug-likeness (QED) is 0.506. The predicted octanol–water partition coefficient (Wildman–Crippen LogP) is 5.48. The maximum absolute atomic E-state index is 13.5. The molecule has 2 bridgehead atoms. The van der Waals surface area contributed by atoms with Crippen molar-refractivity contribution in [1.29, 1.82) is 0 Å². The largest absolute Gasteiger partial charge is 0.394 e. The Balaban J connectivity index is 1.22. The second kappa shape index (κ2) is 6.77. The molecule has 5 aliphatic rings. The molecule has 4 saturated carbocycles. The van der Waals surface area contributed by atoms with Crippen LogP contribution in [0, 0.1) is 12.3 Å². The maximum atomic E-state index is 13.5. The topological polar surface area (TPSA) is 65.7 Å². The molecule has 3 aromatic rings. The molecule has 8 rings (SSSR count). The number of hydrogen-bond donors (Lipinski definition) is 0. The number of fused-ring (bicyclic) bond motifs is 1. The molecule has 3 aromatic heterocycles. The van der Waals surface area contributed by atoms with Crippen LogP contribution in [0.5, 0.6) is 0 Å². The molecule has 0 aromatic carbocycles. The van der Waals surface area contributed by atoms with Crippen molar-refractivity contribution in [3.05, 3.63) is 47.3 Å². The summed E-state index contributed by atoms with van der Waals surface area (Å²) in [5, 5.41) is 5.29. The average Bonchev–Trinajstić information content (AvgIpc) is 3.47. The van der Waals surface area contributed by atoms with Crippen LogP contribution < -0.4 is 0 Å². The van der Waals surface area contributed by atoms with E-state index in [1.165, 1.54) is 12.8 Å². The third-order valence-electron chi connectivity index (χ3n) is 8.41. The molecule has 0 N–H and O–H groups in total. The van der Waals surface area contributed by atoms with Crippen molar-refractivity contribution >= 4 is 11.0 Å². The molecule has 178 valence electrons. The summed E-state index contributed by atoms with van der Waals surface area (Å²) in [6.07, 6.45) is 3.98. The van der Waals surface area contributed by atoms with Gasteiger partial charge < -0.3 is 4.74 Å². The Kier molecular flexibility index (Phi) is 4.14. The lowest BCUT2D eigenvalue weighted by atomic mass is 9.33. The summed E-state index contributed by atoms with van der Waals surface area (Å²) in [7, 11) is 0. The van der Waals surface area contributed by atoms with E-state index in [1.807, 2.05) is 29.9 Å². The molecule has 0 radical (unpaired) electrons. The Hall–Kier alpha value is -2.55. The van der Waals surface area contributed by atoms with E-state index in [1.54, 1.807) is 0 Å². The Morgan fingerprint density at radius 3 is 2.59 bits per heavy atom. The number of pyridine rings is 1. The van der Waals surface area contributed by atoms with Gasteiger partial charge in [0.25, 0.3) is 0 Å². The second-order valence-corrected chi connectivity index (χ2v) is 10.9. The summed E-state index contributed by atoms with van der Waals surface area (Å²) in [5.41, 5.74) is 1.24. The Labute approximate surface area is 194 Å². The van der Waals surface area contributed by atoms with Crippen molar-refractivity contribution < 1.29 is 17.9 Å². The third kappa shape index (κ3) is 2.98. The van der Waals surface area contributed by atoms with Crippen LogP contribution in [0.25, 0.3) is 11.0 Å². The van der Waals surface area contributed by atoms with Crippen molar-refractivity contribution in [2.75, 3.05) is 6.61 Å². The highest BCUT2D eigenvalue weighted by atomic mass is 19.4. The number of alkyl halides is 3. The van der Waals surface area contributed by atoms with E-state index < -0.39 is 17.0 Å². The van der Waals surface area contributed by atoms with Gasteiger partial charge in [-0.25, -0.2) is 15.0 Å². The SMILES string of the molecule is Cc1ccc2c(C34CC(C(F)(F)F)(C3)C4)nc(C3CCOC(c4cnn(C5CC5)c4)C3)nc2n1. The molecule has 4 heterocycles. The van der Waals surface area contributed by atoms with E-state index in [0.717, 1.165) is 35.2 Å². The van der Waals surface area contributed by atoms with Gasteiger partial charge in [-0.05, 0) is 64.0 Å². The zero-order chi connectivity index (χ0) is 23.3. The van der Waals surface area contributed by atoms with E-state index in [4.69, 9.17) is 14.7 Å². The first kappa shape index (κ1) is 20.8. The highest BCUT2D eigenvalue weighted by Crippen LogP contribution is 2.78.